The third-order valence-corrected chi connectivity index (χ3v) is 2.44. The maximum absolute atomic E-state index is 11.6. The Kier molecular flexibility index (Phi) is 6.83. The van der Waals surface area contributed by atoms with Gasteiger partial charge in [0.25, 0.3) is 5.69 Å². The molecule has 0 radical (unpaired) electrons. The van der Waals surface area contributed by atoms with Gasteiger partial charge in [0, 0.05) is 18.7 Å². The van der Waals surface area contributed by atoms with Gasteiger partial charge in [-0.15, -0.1) is 0 Å². The molecule has 0 fully saturated rings. The Morgan fingerprint density at radius 3 is 2.86 bits per heavy atom. The summed E-state index contributed by atoms with van der Waals surface area (Å²) < 4.78 is 5.23. The smallest absolute Gasteiger partial charge is 0.276 e. The molecule has 0 saturated heterocycles. The maximum Gasteiger partial charge on any atom is 0.276 e. The highest BCUT2D eigenvalue weighted by atomic mass is 16.6. The van der Waals surface area contributed by atoms with Crippen LogP contribution in [0.2, 0.25) is 0 Å². The molecule has 0 aliphatic heterocycles. The van der Waals surface area contributed by atoms with Gasteiger partial charge in [-0.1, -0.05) is 24.3 Å². The van der Waals surface area contributed by atoms with Gasteiger partial charge in [0.2, 0.25) is 5.91 Å². The molecular formula is C15H18N2O4. The predicted molar refractivity (Wildman–Crippen MR) is 80.8 cm³/mol. The Morgan fingerprint density at radius 2 is 2.19 bits per heavy atom. The molecule has 0 aliphatic carbocycles. The number of carbonyl (C=O) groups excluding carboxylic acids is 1. The Hall–Kier alpha value is -2.47. The molecule has 0 heterocycles. The quantitative estimate of drug-likeness (QED) is 0.262. The second-order valence-corrected chi connectivity index (χ2v) is 4.45. The van der Waals surface area contributed by atoms with Crippen LogP contribution in [-0.4, -0.2) is 30.6 Å². The van der Waals surface area contributed by atoms with Crippen molar-refractivity contribution in [2.24, 2.45) is 0 Å². The molecular weight excluding hydrogens is 272 g/mol. The van der Waals surface area contributed by atoms with Gasteiger partial charge >= 0.3 is 0 Å². The lowest BCUT2D eigenvalue weighted by Gasteiger charge is -2.04. The SMILES string of the molecule is C=C(C)COCCNC(=O)/C=C/c1ccccc1[N+](=O)[O-]. The molecule has 1 amide bonds. The third-order valence-electron chi connectivity index (χ3n) is 2.44. The molecule has 1 N–H and O–H groups in total. The van der Waals surface area contributed by atoms with E-state index in [1.165, 1.54) is 18.2 Å². The van der Waals surface area contributed by atoms with Crippen LogP contribution in [0.5, 0.6) is 0 Å². The van der Waals surface area contributed by atoms with Gasteiger partial charge in [-0.25, -0.2) is 0 Å². The van der Waals surface area contributed by atoms with Gasteiger partial charge in [-0.2, -0.15) is 0 Å². The summed E-state index contributed by atoms with van der Waals surface area (Å²) in [5.41, 5.74) is 1.26. The minimum Gasteiger partial charge on any atom is -0.375 e. The van der Waals surface area contributed by atoms with Crippen molar-refractivity contribution in [3.8, 4) is 0 Å². The van der Waals surface area contributed by atoms with Crippen LogP contribution < -0.4 is 5.32 Å². The first kappa shape index (κ1) is 16.6. The number of amides is 1. The van der Waals surface area contributed by atoms with Crippen molar-refractivity contribution in [2.45, 2.75) is 6.92 Å². The summed E-state index contributed by atoms with van der Waals surface area (Å²) in [6.07, 6.45) is 2.68. The third kappa shape index (κ3) is 6.49. The van der Waals surface area contributed by atoms with Crippen molar-refractivity contribution in [3.63, 3.8) is 0 Å². The largest absolute Gasteiger partial charge is 0.375 e. The zero-order valence-electron chi connectivity index (χ0n) is 11.9. The highest BCUT2D eigenvalue weighted by molar-refractivity contribution is 5.92. The average molecular weight is 290 g/mol. The summed E-state index contributed by atoms with van der Waals surface area (Å²) in [5, 5.41) is 13.4. The number of para-hydroxylation sites is 1. The Morgan fingerprint density at radius 1 is 1.48 bits per heavy atom. The molecule has 112 valence electrons. The zero-order chi connectivity index (χ0) is 15.7. The van der Waals surface area contributed by atoms with Crippen molar-refractivity contribution in [3.05, 3.63) is 58.2 Å². The van der Waals surface area contributed by atoms with Crippen LogP contribution in [0, 0.1) is 10.1 Å². The van der Waals surface area contributed by atoms with Crippen LogP contribution in [0.4, 0.5) is 5.69 Å². The standard InChI is InChI=1S/C15H18N2O4/c1-12(2)11-21-10-9-16-15(18)8-7-13-5-3-4-6-14(13)17(19)20/h3-8H,1,9-11H2,2H3,(H,16,18)/b8-7+. The number of nitrogens with one attached hydrogen (secondary N) is 1. The van der Waals surface area contributed by atoms with Crippen molar-refractivity contribution >= 4 is 17.7 Å². The lowest BCUT2D eigenvalue weighted by atomic mass is 10.1. The van der Waals surface area contributed by atoms with E-state index in [9.17, 15) is 14.9 Å². The van der Waals surface area contributed by atoms with E-state index in [1.54, 1.807) is 18.2 Å². The Balaban J connectivity index is 2.44. The van der Waals surface area contributed by atoms with Gasteiger partial charge < -0.3 is 10.1 Å². The normalized spacial score (nSPS) is 10.5. The molecule has 6 heteroatoms. The number of ether oxygens (including phenoxy) is 1. The predicted octanol–water partition coefficient (Wildman–Crippen LogP) is 2.32. The molecule has 1 aromatic carbocycles. The van der Waals surface area contributed by atoms with E-state index in [2.05, 4.69) is 11.9 Å². The highest BCUT2D eigenvalue weighted by Gasteiger charge is 2.09. The van der Waals surface area contributed by atoms with Gasteiger partial charge in [-0.3, -0.25) is 14.9 Å². The van der Waals surface area contributed by atoms with Gasteiger partial charge in [0.15, 0.2) is 0 Å². The molecule has 6 nitrogen and oxygen atoms in total. The van der Waals surface area contributed by atoms with E-state index in [4.69, 9.17) is 4.74 Å². The fraction of sp³-hybridized carbons (Fsp3) is 0.267. The molecule has 0 atom stereocenters. The second-order valence-electron chi connectivity index (χ2n) is 4.45. The van der Waals surface area contributed by atoms with E-state index >= 15 is 0 Å². The van der Waals surface area contributed by atoms with E-state index in [-0.39, 0.29) is 11.6 Å². The number of rotatable bonds is 8. The summed E-state index contributed by atoms with van der Waals surface area (Å²) >= 11 is 0. The average Bonchev–Trinajstić information content (AvgIpc) is 2.44. The van der Waals surface area contributed by atoms with Crippen LogP contribution in [0.25, 0.3) is 6.08 Å². The monoisotopic (exact) mass is 290 g/mol. The summed E-state index contributed by atoms with van der Waals surface area (Å²) in [4.78, 5) is 21.9. The number of hydrogen-bond donors (Lipinski definition) is 1. The first-order valence-electron chi connectivity index (χ1n) is 6.42. The first-order valence-corrected chi connectivity index (χ1v) is 6.42. The maximum atomic E-state index is 11.6. The number of carbonyl (C=O) groups is 1. The fourth-order valence-corrected chi connectivity index (χ4v) is 1.51. The second kappa shape index (κ2) is 8.65. The van der Waals surface area contributed by atoms with Gasteiger partial charge in [-0.05, 0) is 19.1 Å². The highest BCUT2D eigenvalue weighted by Crippen LogP contribution is 2.18. The van der Waals surface area contributed by atoms with Crippen molar-refractivity contribution in [2.75, 3.05) is 19.8 Å². The topological polar surface area (TPSA) is 81.5 Å². The van der Waals surface area contributed by atoms with Gasteiger partial charge in [0.1, 0.15) is 0 Å². The molecule has 1 rings (SSSR count). The number of nitrogens with zero attached hydrogens (tertiary/aromatic N) is 1. The molecule has 21 heavy (non-hydrogen) atoms. The van der Waals surface area contributed by atoms with Crippen LogP contribution >= 0.6 is 0 Å². The summed E-state index contributed by atoms with van der Waals surface area (Å²) in [7, 11) is 0. The molecule has 0 spiro atoms. The van der Waals surface area contributed by atoms with Crippen molar-refractivity contribution in [1.82, 2.24) is 5.32 Å². The summed E-state index contributed by atoms with van der Waals surface area (Å²) in [6, 6.07) is 6.23. The number of hydrogen-bond acceptors (Lipinski definition) is 4. The first-order chi connectivity index (χ1) is 10.0. The Labute approximate surface area is 123 Å². The fourth-order valence-electron chi connectivity index (χ4n) is 1.51. The molecule has 0 unspecified atom stereocenters. The molecule has 0 aromatic heterocycles. The summed E-state index contributed by atoms with van der Waals surface area (Å²) in [6.45, 7) is 6.77. The number of nitro groups is 1. The molecule has 0 saturated carbocycles. The Bertz CT molecular complexity index is 552. The molecule has 0 bridgehead atoms. The van der Waals surface area contributed by atoms with Crippen molar-refractivity contribution in [1.29, 1.82) is 0 Å². The number of benzene rings is 1. The van der Waals surface area contributed by atoms with Crippen LogP contribution in [-0.2, 0) is 9.53 Å². The van der Waals surface area contributed by atoms with Crippen molar-refractivity contribution < 1.29 is 14.5 Å². The zero-order valence-corrected chi connectivity index (χ0v) is 11.9. The van der Waals surface area contributed by atoms with Gasteiger partial charge in [0.05, 0.1) is 23.7 Å². The lowest BCUT2D eigenvalue weighted by molar-refractivity contribution is -0.385. The van der Waals surface area contributed by atoms with E-state index < -0.39 is 4.92 Å². The van der Waals surface area contributed by atoms with E-state index in [0.29, 0.717) is 25.3 Å². The minimum absolute atomic E-state index is 0.0358. The molecule has 0 aliphatic rings. The summed E-state index contributed by atoms with van der Waals surface area (Å²) in [5.74, 6) is -0.327. The van der Waals surface area contributed by atoms with Crippen LogP contribution in [0.3, 0.4) is 0 Å². The van der Waals surface area contributed by atoms with E-state index in [0.717, 1.165) is 5.57 Å². The van der Waals surface area contributed by atoms with E-state index in [1.807, 2.05) is 6.92 Å². The minimum atomic E-state index is -0.483. The lowest BCUT2D eigenvalue weighted by Crippen LogP contribution is -2.25. The molecule has 1 aromatic rings. The number of nitro benzene ring substituents is 1. The van der Waals surface area contributed by atoms with Crippen LogP contribution in [0.1, 0.15) is 12.5 Å². The van der Waals surface area contributed by atoms with Crippen LogP contribution in [0.15, 0.2) is 42.5 Å².